The van der Waals surface area contributed by atoms with Crippen LogP contribution in [0, 0.1) is 5.82 Å². The van der Waals surface area contributed by atoms with Crippen LogP contribution in [0.4, 0.5) is 20.6 Å². The van der Waals surface area contributed by atoms with E-state index in [4.69, 9.17) is 29.0 Å². The Bertz CT molecular complexity index is 1590. The molecule has 0 spiro atoms. The summed E-state index contributed by atoms with van der Waals surface area (Å²) in [6.45, 7) is 2.83. The van der Waals surface area contributed by atoms with Crippen LogP contribution >= 0.6 is 0 Å². The summed E-state index contributed by atoms with van der Waals surface area (Å²) < 4.78 is 38.7. The fraction of sp³-hybridized carbons (Fsp3) is 0.226. The number of carbonyl (C=O) groups is 1. The maximum Gasteiger partial charge on any atom is 0.409 e. The Labute approximate surface area is 236 Å². The number of benzene rings is 3. The van der Waals surface area contributed by atoms with Crippen LogP contribution < -0.4 is 24.4 Å². The average molecular weight is 558 g/mol. The first-order valence-electron chi connectivity index (χ1n) is 13.2. The molecule has 2 N–H and O–H groups in total. The third kappa shape index (κ3) is 5.73. The number of amides is 1. The molecule has 1 amide bonds. The zero-order valence-electron chi connectivity index (χ0n) is 22.4. The van der Waals surface area contributed by atoms with Gasteiger partial charge in [-0.2, -0.15) is 0 Å². The van der Waals surface area contributed by atoms with Gasteiger partial charge in [-0.3, -0.25) is 5.32 Å². The molecule has 3 aromatic carbocycles. The van der Waals surface area contributed by atoms with Crippen molar-refractivity contribution >= 4 is 17.5 Å². The van der Waals surface area contributed by atoms with Gasteiger partial charge in [0.2, 0.25) is 5.88 Å². The lowest BCUT2D eigenvalue weighted by molar-refractivity contribution is 0.122. The maximum atomic E-state index is 15.6. The lowest BCUT2D eigenvalue weighted by Crippen LogP contribution is -2.36. The number of nitrogens with zero attached hydrogens (tertiary/aromatic N) is 2. The SMILES string of the molecule is COc1ccc(COc2cc(N3CCOCC3)cc(-c3c(F)ccc4c3Oc3ccc(NC(=O)O)cc3C4)n2)cc1. The number of rotatable bonds is 7. The number of pyridine rings is 1. The van der Waals surface area contributed by atoms with Gasteiger partial charge in [0, 0.05) is 48.1 Å². The Morgan fingerprint density at radius 2 is 1.85 bits per heavy atom. The van der Waals surface area contributed by atoms with Crippen LogP contribution in [0.2, 0.25) is 0 Å². The molecule has 3 heterocycles. The molecule has 6 rings (SSSR count). The van der Waals surface area contributed by atoms with E-state index in [1.165, 1.54) is 6.07 Å². The first-order chi connectivity index (χ1) is 20.0. The predicted octanol–water partition coefficient (Wildman–Crippen LogP) is 6.10. The quantitative estimate of drug-likeness (QED) is 0.248. The van der Waals surface area contributed by atoms with E-state index in [0.717, 1.165) is 28.1 Å². The van der Waals surface area contributed by atoms with Gasteiger partial charge in [0.25, 0.3) is 0 Å². The van der Waals surface area contributed by atoms with Gasteiger partial charge in [-0.15, -0.1) is 0 Å². The number of halogens is 1. The van der Waals surface area contributed by atoms with Crippen molar-refractivity contribution in [3.63, 3.8) is 0 Å². The molecule has 0 aliphatic carbocycles. The van der Waals surface area contributed by atoms with Gasteiger partial charge in [-0.25, -0.2) is 14.2 Å². The third-order valence-corrected chi connectivity index (χ3v) is 7.06. The van der Waals surface area contributed by atoms with Gasteiger partial charge in [0.1, 0.15) is 29.7 Å². The number of hydrogen-bond acceptors (Lipinski definition) is 7. The lowest BCUT2D eigenvalue weighted by Gasteiger charge is -2.29. The summed E-state index contributed by atoms with van der Waals surface area (Å²) in [5.41, 5.74) is 4.40. The fourth-order valence-electron chi connectivity index (χ4n) is 5.01. The number of morpholine rings is 1. The van der Waals surface area contributed by atoms with E-state index in [1.54, 1.807) is 31.4 Å². The van der Waals surface area contributed by atoms with Crippen molar-refractivity contribution in [2.45, 2.75) is 13.0 Å². The van der Waals surface area contributed by atoms with E-state index in [0.29, 0.717) is 61.5 Å². The van der Waals surface area contributed by atoms with Crippen molar-refractivity contribution in [1.29, 1.82) is 0 Å². The summed E-state index contributed by atoms with van der Waals surface area (Å²) in [5, 5.41) is 11.4. The smallest absolute Gasteiger partial charge is 0.409 e. The molecule has 1 aromatic heterocycles. The monoisotopic (exact) mass is 557 g/mol. The van der Waals surface area contributed by atoms with Gasteiger partial charge < -0.3 is 29.0 Å². The van der Waals surface area contributed by atoms with Crippen molar-refractivity contribution in [2.75, 3.05) is 43.6 Å². The number of anilines is 2. The highest BCUT2D eigenvalue weighted by molar-refractivity contribution is 5.83. The predicted molar refractivity (Wildman–Crippen MR) is 151 cm³/mol. The molecule has 4 aromatic rings. The van der Waals surface area contributed by atoms with Gasteiger partial charge in [0.05, 0.1) is 31.6 Å². The second kappa shape index (κ2) is 11.3. The van der Waals surface area contributed by atoms with Gasteiger partial charge in [0.15, 0.2) is 0 Å². The Balaban J connectivity index is 1.36. The van der Waals surface area contributed by atoms with Crippen LogP contribution in [0.15, 0.2) is 66.7 Å². The number of carboxylic acid groups (broad SMARTS) is 1. The van der Waals surface area contributed by atoms with E-state index in [9.17, 15) is 4.79 Å². The molecular weight excluding hydrogens is 529 g/mol. The van der Waals surface area contributed by atoms with Crippen LogP contribution in [-0.2, 0) is 17.8 Å². The van der Waals surface area contributed by atoms with E-state index < -0.39 is 11.9 Å². The molecule has 10 heteroatoms. The Hall–Kier alpha value is -4.83. The van der Waals surface area contributed by atoms with Gasteiger partial charge in [-0.05, 0) is 48.0 Å². The number of methoxy groups -OCH3 is 1. The second-order valence-electron chi connectivity index (χ2n) is 9.73. The lowest BCUT2D eigenvalue weighted by atomic mass is 9.95. The molecule has 0 radical (unpaired) electrons. The molecule has 2 aliphatic heterocycles. The molecule has 1 saturated heterocycles. The zero-order valence-corrected chi connectivity index (χ0v) is 22.4. The molecule has 0 unspecified atom stereocenters. The standard InChI is InChI=1S/C31H28FN3O6/c1-38-24-6-2-19(3-7-24)18-40-28-17-23(35-10-12-39-13-11-35)16-26(34-28)29-25(32)8-4-20-14-21-15-22(33-31(36)37)5-9-27(21)41-30(20)29/h2-9,15-17,33H,10-14,18H2,1H3,(H,36,37). The Morgan fingerprint density at radius 3 is 2.61 bits per heavy atom. The van der Waals surface area contributed by atoms with E-state index in [1.807, 2.05) is 36.4 Å². The van der Waals surface area contributed by atoms with E-state index in [2.05, 4.69) is 10.2 Å². The Morgan fingerprint density at radius 1 is 1.05 bits per heavy atom. The van der Waals surface area contributed by atoms with Crippen LogP contribution in [0.5, 0.6) is 23.1 Å². The number of aromatic nitrogens is 1. The topological polar surface area (TPSA) is 102 Å². The first-order valence-corrected chi connectivity index (χ1v) is 13.2. The number of ether oxygens (including phenoxy) is 4. The average Bonchev–Trinajstić information content (AvgIpc) is 2.99. The minimum Gasteiger partial charge on any atom is -0.497 e. The summed E-state index contributed by atoms with van der Waals surface area (Å²) in [4.78, 5) is 18.0. The highest BCUT2D eigenvalue weighted by Crippen LogP contribution is 2.45. The van der Waals surface area contributed by atoms with Crippen LogP contribution in [0.3, 0.4) is 0 Å². The molecule has 0 saturated carbocycles. The van der Waals surface area contributed by atoms with E-state index in [-0.39, 0.29) is 12.2 Å². The van der Waals surface area contributed by atoms with Crippen molar-refractivity contribution in [2.24, 2.45) is 0 Å². The van der Waals surface area contributed by atoms with Crippen molar-refractivity contribution in [1.82, 2.24) is 4.98 Å². The fourth-order valence-corrected chi connectivity index (χ4v) is 5.01. The van der Waals surface area contributed by atoms with Crippen LogP contribution in [0.25, 0.3) is 11.3 Å². The summed E-state index contributed by atoms with van der Waals surface area (Å²) >= 11 is 0. The summed E-state index contributed by atoms with van der Waals surface area (Å²) in [6.07, 6.45) is -0.709. The molecular formula is C31H28FN3O6. The zero-order chi connectivity index (χ0) is 28.3. The minimum absolute atomic E-state index is 0.241. The molecule has 0 atom stereocenters. The highest BCUT2D eigenvalue weighted by atomic mass is 19.1. The number of hydrogen-bond donors (Lipinski definition) is 2. The molecule has 0 bridgehead atoms. The minimum atomic E-state index is -1.15. The van der Waals surface area contributed by atoms with Gasteiger partial charge in [-0.1, -0.05) is 18.2 Å². The number of fused-ring (bicyclic) bond motifs is 2. The second-order valence-corrected chi connectivity index (χ2v) is 9.73. The van der Waals surface area contributed by atoms with Crippen molar-refractivity contribution in [3.8, 4) is 34.4 Å². The van der Waals surface area contributed by atoms with Crippen molar-refractivity contribution < 1.29 is 33.2 Å². The van der Waals surface area contributed by atoms with E-state index >= 15 is 4.39 Å². The number of nitrogens with one attached hydrogen (secondary N) is 1. The largest absolute Gasteiger partial charge is 0.497 e. The van der Waals surface area contributed by atoms with Crippen LogP contribution in [-0.4, -0.2) is 49.6 Å². The molecule has 1 fully saturated rings. The van der Waals surface area contributed by atoms with Crippen LogP contribution in [0.1, 0.15) is 16.7 Å². The molecule has 9 nitrogen and oxygen atoms in total. The molecule has 41 heavy (non-hydrogen) atoms. The molecule has 210 valence electrons. The maximum absolute atomic E-state index is 15.6. The summed E-state index contributed by atoms with van der Waals surface area (Å²) in [7, 11) is 1.62. The highest BCUT2D eigenvalue weighted by Gasteiger charge is 2.26. The first kappa shape index (κ1) is 26.4. The molecule has 2 aliphatic rings. The Kier molecular flexibility index (Phi) is 7.30. The third-order valence-electron chi connectivity index (χ3n) is 7.06. The summed E-state index contributed by atoms with van der Waals surface area (Å²) in [5.74, 6) is 1.55. The van der Waals surface area contributed by atoms with Gasteiger partial charge >= 0.3 is 6.09 Å². The summed E-state index contributed by atoms with van der Waals surface area (Å²) in [6, 6.07) is 19.4. The normalized spacial score (nSPS) is 14.0. The van der Waals surface area contributed by atoms with Crippen molar-refractivity contribution in [3.05, 3.63) is 89.2 Å².